The Morgan fingerprint density at radius 2 is 2.43 bits per heavy atom. The first-order chi connectivity index (χ1) is 6.70. The molecule has 1 aromatic heterocycles. The molecule has 1 amide bonds. The van der Waals surface area contributed by atoms with Crippen LogP contribution in [0.3, 0.4) is 0 Å². The Hall–Kier alpha value is -0.0600. The van der Waals surface area contributed by atoms with Crippen LogP contribution in [0, 0.1) is 5.92 Å². The molecule has 0 bridgehead atoms. The molecule has 0 aliphatic carbocycles. The van der Waals surface area contributed by atoms with E-state index in [0.717, 1.165) is 22.4 Å². The molecule has 1 aliphatic heterocycles. The van der Waals surface area contributed by atoms with Gasteiger partial charge in [-0.25, -0.2) is 0 Å². The molecule has 1 aromatic rings. The summed E-state index contributed by atoms with van der Waals surface area (Å²) in [5, 5.41) is 1.88. The fourth-order valence-electron chi connectivity index (χ4n) is 1.44. The van der Waals surface area contributed by atoms with Crippen LogP contribution in [0.15, 0.2) is 15.2 Å². The molecule has 0 saturated carbocycles. The van der Waals surface area contributed by atoms with Crippen LogP contribution in [0.5, 0.6) is 0 Å². The van der Waals surface area contributed by atoms with Crippen LogP contribution in [-0.2, 0) is 0 Å². The molecule has 14 heavy (non-hydrogen) atoms. The zero-order chi connectivity index (χ0) is 10.1. The fraction of sp³-hybridized carbons (Fsp3) is 0.444. The van der Waals surface area contributed by atoms with Gasteiger partial charge in [-0.1, -0.05) is 0 Å². The standard InChI is InChI=1S/C9H9BrClNOS/c10-8-1-7(5-14-8)9(13)12-3-6(2-11)4-12/h1,5-6H,2-4H2. The molecule has 76 valence electrons. The molecule has 1 fully saturated rings. The van der Waals surface area contributed by atoms with E-state index < -0.39 is 0 Å². The van der Waals surface area contributed by atoms with E-state index in [4.69, 9.17) is 11.6 Å². The summed E-state index contributed by atoms with van der Waals surface area (Å²) in [7, 11) is 0. The van der Waals surface area contributed by atoms with Gasteiger partial charge >= 0.3 is 0 Å². The van der Waals surface area contributed by atoms with Crippen molar-refractivity contribution in [2.75, 3.05) is 19.0 Å². The molecule has 0 spiro atoms. The number of hydrogen-bond donors (Lipinski definition) is 0. The summed E-state index contributed by atoms with van der Waals surface area (Å²) in [5.41, 5.74) is 0.773. The van der Waals surface area contributed by atoms with Crippen molar-refractivity contribution in [1.29, 1.82) is 0 Å². The van der Waals surface area contributed by atoms with E-state index in [9.17, 15) is 4.79 Å². The monoisotopic (exact) mass is 293 g/mol. The summed E-state index contributed by atoms with van der Waals surface area (Å²) < 4.78 is 0.996. The van der Waals surface area contributed by atoms with Crippen molar-refractivity contribution >= 4 is 44.8 Å². The minimum Gasteiger partial charge on any atom is -0.338 e. The van der Waals surface area contributed by atoms with E-state index in [0.29, 0.717) is 11.8 Å². The Labute approximate surface area is 100.0 Å². The summed E-state index contributed by atoms with van der Waals surface area (Å²) in [6.07, 6.45) is 0. The maximum atomic E-state index is 11.8. The van der Waals surface area contributed by atoms with Crippen LogP contribution < -0.4 is 0 Å². The van der Waals surface area contributed by atoms with E-state index in [1.807, 2.05) is 16.3 Å². The normalized spacial score (nSPS) is 16.9. The summed E-state index contributed by atoms with van der Waals surface area (Å²) in [6, 6.07) is 1.86. The third kappa shape index (κ3) is 1.97. The maximum absolute atomic E-state index is 11.8. The molecular weight excluding hydrogens is 286 g/mol. The number of carbonyl (C=O) groups excluding carboxylic acids is 1. The van der Waals surface area contributed by atoms with Crippen molar-refractivity contribution in [3.8, 4) is 0 Å². The number of halogens is 2. The van der Waals surface area contributed by atoms with E-state index in [2.05, 4.69) is 15.9 Å². The summed E-state index contributed by atoms with van der Waals surface area (Å²) in [4.78, 5) is 13.6. The van der Waals surface area contributed by atoms with Crippen molar-refractivity contribution < 1.29 is 4.79 Å². The van der Waals surface area contributed by atoms with E-state index in [1.165, 1.54) is 11.3 Å². The van der Waals surface area contributed by atoms with Gasteiger partial charge in [-0.2, -0.15) is 0 Å². The van der Waals surface area contributed by atoms with Crippen LogP contribution in [-0.4, -0.2) is 29.8 Å². The Bertz CT molecular complexity index is 348. The summed E-state index contributed by atoms with van der Waals surface area (Å²) in [5.74, 6) is 1.26. The van der Waals surface area contributed by atoms with Crippen LogP contribution in [0.4, 0.5) is 0 Å². The van der Waals surface area contributed by atoms with Gasteiger partial charge in [0.15, 0.2) is 0 Å². The van der Waals surface area contributed by atoms with Gasteiger partial charge in [-0.3, -0.25) is 4.79 Å². The second-order valence-corrected chi connectivity index (χ2v) is 5.97. The topological polar surface area (TPSA) is 20.3 Å². The Kier molecular flexibility index (Phi) is 3.14. The third-order valence-corrected chi connectivity index (χ3v) is 4.22. The van der Waals surface area contributed by atoms with Crippen molar-refractivity contribution in [1.82, 2.24) is 4.90 Å². The van der Waals surface area contributed by atoms with Gasteiger partial charge < -0.3 is 4.90 Å². The molecule has 0 aromatic carbocycles. The van der Waals surface area contributed by atoms with Crippen LogP contribution in [0.25, 0.3) is 0 Å². The minimum absolute atomic E-state index is 0.119. The number of amides is 1. The van der Waals surface area contributed by atoms with Crippen LogP contribution in [0.1, 0.15) is 10.4 Å². The second-order valence-electron chi connectivity index (χ2n) is 3.37. The van der Waals surface area contributed by atoms with Crippen molar-refractivity contribution in [2.24, 2.45) is 5.92 Å². The predicted octanol–water partition coefficient (Wildman–Crippen LogP) is 2.82. The Morgan fingerprint density at radius 3 is 2.93 bits per heavy atom. The molecule has 2 nitrogen and oxygen atoms in total. The lowest BCUT2D eigenvalue weighted by atomic mass is 10.0. The van der Waals surface area contributed by atoms with E-state index >= 15 is 0 Å². The highest BCUT2D eigenvalue weighted by molar-refractivity contribution is 9.11. The Morgan fingerprint density at radius 1 is 1.71 bits per heavy atom. The molecule has 1 saturated heterocycles. The molecule has 0 unspecified atom stereocenters. The molecular formula is C9H9BrClNOS. The smallest absolute Gasteiger partial charge is 0.254 e. The molecule has 1 aliphatic rings. The number of likely N-dealkylation sites (tertiary alicyclic amines) is 1. The van der Waals surface area contributed by atoms with Gasteiger partial charge in [-0.15, -0.1) is 22.9 Å². The third-order valence-electron chi connectivity index (χ3n) is 2.28. The first-order valence-corrected chi connectivity index (χ1v) is 6.50. The fourth-order valence-corrected chi connectivity index (χ4v) is 2.76. The molecule has 0 N–H and O–H groups in total. The van der Waals surface area contributed by atoms with Gasteiger partial charge in [0.2, 0.25) is 0 Å². The molecule has 2 heterocycles. The SMILES string of the molecule is O=C(c1csc(Br)c1)N1CC(CCl)C1. The first-order valence-electron chi connectivity index (χ1n) is 4.30. The average molecular weight is 295 g/mol. The largest absolute Gasteiger partial charge is 0.338 e. The highest BCUT2D eigenvalue weighted by Crippen LogP contribution is 2.25. The van der Waals surface area contributed by atoms with Gasteiger partial charge in [0.05, 0.1) is 9.35 Å². The van der Waals surface area contributed by atoms with Gasteiger partial charge in [0.25, 0.3) is 5.91 Å². The summed E-state index contributed by atoms with van der Waals surface area (Å²) in [6.45, 7) is 1.60. The quantitative estimate of drug-likeness (QED) is 0.768. The Balaban J connectivity index is 1.97. The number of alkyl halides is 1. The molecule has 2 rings (SSSR count). The van der Waals surface area contributed by atoms with Crippen LogP contribution in [0.2, 0.25) is 0 Å². The number of hydrogen-bond acceptors (Lipinski definition) is 2. The first kappa shape index (κ1) is 10.5. The lowest BCUT2D eigenvalue weighted by Gasteiger charge is -2.38. The minimum atomic E-state index is 0.119. The average Bonchev–Trinajstić information content (AvgIpc) is 2.49. The van der Waals surface area contributed by atoms with E-state index in [-0.39, 0.29) is 5.91 Å². The number of nitrogens with zero attached hydrogens (tertiary/aromatic N) is 1. The van der Waals surface area contributed by atoms with Crippen LogP contribution >= 0.6 is 38.9 Å². The molecule has 0 radical (unpaired) electrons. The second kappa shape index (κ2) is 4.21. The summed E-state index contributed by atoms with van der Waals surface area (Å²) >= 11 is 10.6. The lowest BCUT2D eigenvalue weighted by molar-refractivity contribution is 0.0536. The highest BCUT2D eigenvalue weighted by atomic mass is 79.9. The van der Waals surface area contributed by atoms with Gasteiger partial charge in [0.1, 0.15) is 0 Å². The molecule has 5 heteroatoms. The highest BCUT2D eigenvalue weighted by Gasteiger charge is 2.30. The van der Waals surface area contributed by atoms with Gasteiger partial charge in [-0.05, 0) is 22.0 Å². The number of carbonyl (C=O) groups is 1. The zero-order valence-corrected chi connectivity index (χ0v) is 10.5. The number of thiophene rings is 1. The maximum Gasteiger partial charge on any atom is 0.254 e. The molecule has 0 atom stereocenters. The van der Waals surface area contributed by atoms with E-state index in [1.54, 1.807) is 0 Å². The van der Waals surface area contributed by atoms with Crippen molar-refractivity contribution in [3.63, 3.8) is 0 Å². The number of rotatable bonds is 2. The predicted molar refractivity (Wildman–Crippen MR) is 62.1 cm³/mol. The van der Waals surface area contributed by atoms with Crippen molar-refractivity contribution in [3.05, 3.63) is 20.8 Å². The van der Waals surface area contributed by atoms with Crippen molar-refractivity contribution in [2.45, 2.75) is 0 Å². The lowest BCUT2D eigenvalue weighted by Crippen LogP contribution is -2.50. The zero-order valence-electron chi connectivity index (χ0n) is 7.37. The van der Waals surface area contributed by atoms with Gasteiger partial charge in [0, 0.05) is 30.3 Å².